The highest BCUT2D eigenvalue weighted by molar-refractivity contribution is 8.18. The minimum atomic E-state index is -0.468. The second-order valence-electron chi connectivity index (χ2n) is 5.74. The molecule has 0 aromatic heterocycles. The maximum atomic E-state index is 12.5. The number of ether oxygens (including phenoxy) is 1. The molecule has 25 heavy (non-hydrogen) atoms. The van der Waals surface area contributed by atoms with Gasteiger partial charge in [0.15, 0.2) is 0 Å². The topological polar surface area (TPSA) is 66.9 Å². The third-order valence-corrected chi connectivity index (χ3v) is 5.25. The van der Waals surface area contributed by atoms with Crippen LogP contribution in [0.3, 0.4) is 0 Å². The third kappa shape index (κ3) is 3.82. The Balaban J connectivity index is 1.79. The second-order valence-corrected chi connectivity index (χ2v) is 7.17. The number of carbonyl (C=O) groups excluding carboxylic acids is 3. The molecule has 2 aliphatic heterocycles. The van der Waals surface area contributed by atoms with E-state index in [4.69, 9.17) is 16.3 Å². The van der Waals surface area contributed by atoms with E-state index in [1.165, 1.54) is 7.11 Å². The number of amides is 3. The maximum absolute atomic E-state index is 12.5. The van der Waals surface area contributed by atoms with Gasteiger partial charge in [0, 0.05) is 23.7 Å². The lowest BCUT2D eigenvalue weighted by molar-refractivity contribution is -0.135. The van der Waals surface area contributed by atoms with Gasteiger partial charge in [-0.15, -0.1) is 0 Å². The van der Waals surface area contributed by atoms with E-state index >= 15 is 0 Å². The number of thioether (sulfide) groups is 1. The van der Waals surface area contributed by atoms with E-state index in [1.54, 1.807) is 29.2 Å². The van der Waals surface area contributed by atoms with Gasteiger partial charge in [0.05, 0.1) is 12.0 Å². The first-order valence-electron chi connectivity index (χ1n) is 7.86. The summed E-state index contributed by atoms with van der Waals surface area (Å²) >= 11 is 6.81. The Morgan fingerprint density at radius 3 is 2.72 bits per heavy atom. The smallest absolute Gasteiger partial charge is 0.294 e. The Hall–Kier alpha value is -1.99. The highest BCUT2D eigenvalue weighted by atomic mass is 35.5. The number of benzene rings is 1. The Labute approximate surface area is 154 Å². The molecule has 2 fully saturated rings. The molecule has 0 bridgehead atoms. The molecule has 0 aliphatic carbocycles. The molecule has 0 atom stereocenters. The summed E-state index contributed by atoms with van der Waals surface area (Å²) < 4.78 is 5.25. The van der Waals surface area contributed by atoms with Crippen molar-refractivity contribution in [3.8, 4) is 5.75 Å². The molecule has 6 nitrogen and oxygen atoms in total. The normalized spacial score (nSPS) is 19.2. The molecular formula is C17H17ClN2O4S. The van der Waals surface area contributed by atoms with E-state index in [2.05, 4.69) is 0 Å². The van der Waals surface area contributed by atoms with Crippen LogP contribution < -0.4 is 4.74 Å². The zero-order valence-corrected chi connectivity index (χ0v) is 15.2. The fourth-order valence-corrected chi connectivity index (χ4v) is 3.81. The molecule has 2 aliphatic rings. The Morgan fingerprint density at radius 1 is 1.32 bits per heavy atom. The van der Waals surface area contributed by atoms with Crippen LogP contribution >= 0.6 is 23.4 Å². The van der Waals surface area contributed by atoms with Gasteiger partial charge in [-0.2, -0.15) is 0 Å². The van der Waals surface area contributed by atoms with Crippen molar-refractivity contribution in [3.63, 3.8) is 0 Å². The third-order valence-electron chi connectivity index (χ3n) is 4.10. The molecule has 1 aromatic carbocycles. The number of imide groups is 1. The highest BCUT2D eigenvalue weighted by Crippen LogP contribution is 2.34. The zero-order chi connectivity index (χ0) is 18.0. The number of nitrogens with zero attached hydrogens (tertiary/aromatic N) is 2. The Bertz CT molecular complexity index is 759. The molecule has 2 heterocycles. The van der Waals surface area contributed by atoms with Gasteiger partial charge in [0.2, 0.25) is 5.91 Å². The fraction of sp³-hybridized carbons (Fsp3) is 0.353. The molecule has 0 spiro atoms. The standard InChI is InChI=1S/C17H17ClN2O4S/c1-24-13-5-4-12(18)8-11(13)9-14-16(22)20(17(23)25-14)10-15(21)19-6-2-3-7-19/h4-5,8-9H,2-3,6-7,10H2,1H3/b14-9+. The lowest BCUT2D eigenvalue weighted by Gasteiger charge is -2.18. The lowest BCUT2D eigenvalue weighted by Crippen LogP contribution is -2.40. The van der Waals surface area contributed by atoms with Crippen LogP contribution in [0.25, 0.3) is 6.08 Å². The largest absolute Gasteiger partial charge is 0.496 e. The van der Waals surface area contributed by atoms with Crippen molar-refractivity contribution in [2.75, 3.05) is 26.7 Å². The van der Waals surface area contributed by atoms with Crippen LogP contribution in [0.1, 0.15) is 18.4 Å². The van der Waals surface area contributed by atoms with Crippen molar-refractivity contribution in [2.45, 2.75) is 12.8 Å². The van der Waals surface area contributed by atoms with Crippen molar-refractivity contribution < 1.29 is 19.1 Å². The summed E-state index contributed by atoms with van der Waals surface area (Å²) in [6, 6.07) is 5.03. The van der Waals surface area contributed by atoms with Gasteiger partial charge in [-0.05, 0) is 48.9 Å². The van der Waals surface area contributed by atoms with Crippen LogP contribution in [-0.4, -0.2) is 53.6 Å². The molecule has 8 heteroatoms. The van der Waals surface area contributed by atoms with Crippen molar-refractivity contribution in [1.82, 2.24) is 9.80 Å². The van der Waals surface area contributed by atoms with Gasteiger partial charge in [-0.1, -0.05) is 11.6 Å². The molecule has 0 saturated carbocycles. The van der Waals surface area contributed by atoms with Gasteiger partial charge in [0.25, 0.3) is 11.1 Å². The summed E-state index contributed by atoms with van der Waals surface area (Å²) in [7, 11) is 1.51. The minimum Gasteiger partial charge on any atom is -0.496 e. The Morgan fingerprint density at radius 2 is 2.04 bits per heavy atom. The summed E-state index contributed by atoms with van der Waals surface area (Å²) in [6.07, 6.45) is 3.49. The van der Waals surface area contributed by atoms with Crippen LogP contribution in [0.2, 0.25) is 5.02 Å². The van der Waals surface area contributed by atoms with E-state index in [-0.39, 0.29) is 17.4 Å². The zero-order valence-electron chi connectivity index (χ0n) is 13.7. The van der Waals surface area contributed by atoms with Gasteiger partial charge in [-0.3, -0.25) is 19.3 Å². The summed E-state index contributed by atoms with van der Waals surface area (Å²) in [6.45, 7) is 1.16. The number of likely N-dealkylation sites (tertiary alicyclic amines) is 1. The second kappa shape index (κ2) is 7.49. The van der Waals surface area contributed by atoms with Gasteiger partial charge >= 0.3 is 0 Å². The van der Waals surface area contributed by atoms with Crippen molar-refractivity contribution in [1.29, 1.82) is 0 Å². The van der Waals surface area contributed by atoms with E-state index in [9.17, 15) is 14.4 Å². The number of hydrogen-bond donors (Lipinski definition) is 0. The van der Waals surface area contributed by atoms with E-state index in [0.29, 0.717) is 29.4 Å². The van der Waals surface area contributed by atoms with Crippen molar-refractivity contribution >= 4 is 46.5 Å². The number of halogens is 1. The average molecular weight is 381 g/mol. The number of rotatable bonds is 4. The first-order chi connectivity index (χ1) is 12.0. The maximum Gasteiger partial charge on any atom is 0.294 e. The lowest BCUT2D eigenvalue weighted by atomic mass is 10.2. The van der Waals surface area contributed by atoms with Crippen molar-refractivity contribution in [3.05, 3.63) is 33.7 Å². The summed E-state index contributed by atoms with van der Waals surface area (Å²) in [5, 5.41) is 0.0558. The van der Waals surface area contributed by atoms with Crippen LogP contribution in [0.15, 0.2) is 23.1 Å². The number of hydrogen-bond acceptors (Lipinski definition) is 5. The number of methoxy groups -OCH3 is 1. The van der Waals surface area contributed by atoms with Crippen LogP contribution in [0.5, 0.6) is 5.75 Å². The predicted octanol–water partition coefficient (Wildman–Crippen LogP) is 3.01. The molecule has 3 amide bonds. The highest BCUT2D eigenvalue weighted by Gasteiger charge is 2.37. The molecule has 2 saturated heterocycles. The summed E-state index contributed by atoms with van der Waals surface area (Å²) in [4.78, 5) is 39.8. The molecular weight excluding hydrogens is 364 g/mol. The Kier molecular flexibility index (Phi) is 5.34. The first kappa shape index (κ1) is 17.8. The SMILES string of the molecule is COc1ccc(Cl)cc1/C=C1/SC(=O)N(CC(=O)N2CCCC2)C1=O. The average Bonchev–Trinajstić information content (AvgIpc) is 3.20. The van der Waals surface area contributed by atoms with Crippen molar-refractivity contribution in [2.24, 2.45) is 0 Å². The number of carbonyl (C=O) groups is 3. The molecule has 0 unspecified atom stereocenters. The van der Waals surface area contributed by atoms with Gasteiger partial charge < -0.3 is 9.64 Å². The first-order valence-corrected chi connectivity index (χ1v) is 9.05. The van der Waals surface area contributed by atoms with Crippen LogP contribution in [0.4, 0.5) is 4.79 Å². The molecule has 0 N–H and O–H groups in total. The predicted molar refractivity (Wildman–Crippen MR) is 96.5 cm³/mol. The molecule has 3 rings (SSSR count). The van der Waals surface area contributed by atoms with Crippen LogP contribution in [0, 0.1) is 0 Å². The molecule has 1 aromatic rings. The van der Waals surface area contributed by atoms with E-state index in [1.807, 2.05) is 0 Å². The summed E-state index contributed by atoms with van der Waals surface area (Å²) in [5.41, 5.74) is 0.603. The molecule has 0 radical (unpaired) electrons. The van der Waals surface area contributed by atoms with E-state index in [0.717, 1.165) is 29.5 Å². The van der Waals surface area contributed by atoms with Gasteiger partial charge in [0.1, 0.15) is 12.3 Å². The fourth-order valence-electron chi connectivity index (χ4n) is 2.80. The minimum absolute atomic E-state index is 0.193. The van der Waals surface area contributed by atoms with Gasteiger partial charge in [-0.25, -0.2) is 0 Å². The van der Waals surface area contributed by atoms with Crippen LogP contribution in [-0.2, 0) is 9.59 Å². The summed E-state index contributed by atoms with van der Waals surface area (Å²) in [5.74, 6) is -0.115. The molecule has 132 valence electrons. The monoisotopic (exact) mass is 380 g/mol. The quantitative estimate of drug-likeness (QED) is 0.751. The van der Waals surface area contributed by atoms with E-state index < -0.39 is 11.1 Å².